The smallest absolute Gasteiger partial charge is 0.363 e. The summed E-state index contributed by atoms with van der Waals surface area (Å²) in [6, 6.07) is 15.7. The minimum Gasteiger partial charge on any atom is -0.493 e. The summed E-state index contributed by atoms with van der Waals surface area (Å²) < 4.78 is 16.6. The zero-order valence-electron chi connectivity index (χ0n) is 19.2. The first-order valence-corrected chi connectivity index (χ1v) is 11.0. The number of hydrogen-bond donors (Lipinski definition) is 0. The van der Waals surface area contributed by atoms with Gasteiger partial charge in [-0.2, -0.15) is 0 Å². The molecule has 0 spiro atoms. The number of esters is 1. The number of methoxy groups -OCH3 is 1. The molecule has 0 aliphatic carbocycles. The second kappa shape index (κ2) is 9.99. The molecule has 1 heterocycles. The van der Waals surface area contributed by atoms with Crippen LogP contribution in [0.4, 0.5) is 5.69 Å². The van der Waals surface area contributed by atoms with Crippen molar-refractivity contribution in [1.29, 1.82) is 0 Å². The zero-order valence-corrected chi connectivity index (χ0v) is 20.0. The minimum atomic E-state index is -0.647. The van der Waals surface area contributed by atoms with Crippen molar-refractivity contribution in [2.24, 2.45) is 4.99 Å². The van der Waals surface area contributed by atoms with Crippen LogP contribution in [0.1, 0.15) is 27.8 Å². The number of hydrogen-bond acceptors (Lipinski definition) is 7. The predicted octanol–water partition coefficient (Wildman–Crippen LogP) is 5.80. The maximum atomic E-state index is 12.4. The van der Waals surface area contributed by atoms with E-state index in [0.29, 0.717) is 39.8 Å². The van der Waals surface area contributed by atoms with Gasteiger partial charge < -0.3 is 14.2 Å². The molecule has 0 radical (unpaired) electrons. The number of rotatable bonds is 7. The Hall–Kier alpha value is -4.17. The Balaban J connectivity index is 1.58. The molecule has 0 bridgehead atoms. The highest BCUT2D eigenvalue weighted by Crippen LogP contribution is 2.38. The molecular weight excluding hydrogens is 472 g/mol. The fourth-order valence-corrected chi connectivity index (χ4v) is 3.76. The van der Waals surface area contributed by atoms with Crippen molar-refractivity contribution >= 4 is 35.2 Å². The summed E-state index contributed by atoms with van der Waals surface area (Å²) in [7, 11) is 1.50. The van der Waals surface area contributed by atoms with Gasteiger partial charge in [-0.3, -0.25) is 10.1 Å². The van der Waals surface area contributed by atoms with Crippen LogP contribution in [-0.4, -0.2) is 23.9 Å². The van der Waals surface area contributed by atoms with Crippen molar-refractivity contribution in [2.75, 3.05) is 7.11 Å². The second-order valence-corrected chi connectivity index (χ2v) is 8.31. The molecule has 0 N–H and O–H groups in total. The van der Waals surface area contributed by atoms with Gasteiger partial charge in [0.2, 0.25) is 5.90 Å². The van der Waals surface area contributed by atoms with E-state index in [0.717, 1.165) is 11.1 Å². The van der Waals surface area contributed by atoms with Crippen LogP contribution in [-0.2, 0) is 16.1 Å². The van der Waals surface area contributed by atoms with Gasteiger partial charge in [0.25, 0.3) is 5.69 Å². The van der Waals surface area contributed by atoms with E-state index in [1.54, 1.807) is 25.1 Å². The second-order valence-electron chi connectivity index (χ2n) is 7.90. The highest BCUT2D eigenvalue weighted by Gasteiger charge is 2.25. The van der Waals surface area contributed by atoms with Gasteiger partial charge in [0.1, 0.15) is 6.61 Å². The third-order valence-corrected chi connectivity index (χ3v) is 5.60. The van der Waals surface area contributed by atoms with Gasteiger partial charge in [0.15, 0.2) is 17.2 Å². The maximum Gasteiger partial charge on any atom is 0.363 e. The summed E-state index contributed by atoms with van der Waals surface area (Å²) >= 11 is 6.47. The van der Waals surface area contributed by atoms with Gasteiger partial charge in [-0.15, -0.1) is 0 Å². The molecule has 3 aromatic rings. The molecule has 0 saturated heterocycles. The molecule has 9 heteroatoms. The van der Waals surface area contributed by atoms with Crippen molar-refractivity contribution in [2.45, 2.75) is 20.5 Å². The van der Waals surface area contributed by atoms with Crippen molar-refractivity contribution in [3.63, 3.8) is 0 Å². The summed E-state index contributed by atoms with van der Waals surface area (Å²) in [5.74, 6) is 0.204. The van der Waals surface area contributed by atoms with Crippen molar-refractivity contribution in [3.8, 4) is 11.5 Å². The van der Waals surface area contributed by atoms with Crippen LogP contribution in [0, 0.1) is 24.0 Å². The topological polar surface area (TPSA) is 100 Å². The lowest BCUT2D eigenvalue weighted by Gasteiger charge is -2.13. The Bertz CT molecular complexity index is 1380. The maximum absolute atomic E-state index is 12.4. The van der Waals surface area contributed by atoms with E-state index in [-0.39, 0.29) is 17.3 Å². The van der Waals surface area contributed by atoms with E-state index in [4.69, 9.17) is 25.8 Å². The first-order chi connectivity index (χ1) is 16.7. The number of cyclic esters (lactones) is 1. The van der Waals surface area contributed by atoms with Crippen molar-refractivity contribution < 1.29 is 23.9 Å². The highest BCUT2D eigenvalue weighted by atomic mass is 35.5. The van der Waals surface area contributed by atoms with Crippen LogP contribution in [0.3, 0.4) is 0 Å². The van der Waals surface area contributed by atoms with Crippen molar-refractivity contribution in [3.05, 3.63) is 103 Å². The van der Waals surface area contributed by atoms with Gasteiger partial charge in [-0.05, 0) is 55.3 Å². The number of nitrogens with zero attached hydrogens (tertiary/aromatic N) is 2. The first-order valence-electron chi connectivity index (χ1n) is 10.6. The van der Waals surface area contributed by atoms with Crippen LogP contribution < -0.4 is 9.47 Å². The lowest BCUT2D eigenvalue weighted by molar-refractivity contribution is -0.385. The summed E-state index contributed by atoms with van der Waals surface area (Å²) in [5, 5.41) is 11.4. The number of aliphatic imine (C=N–C) groups is 1. The van der Waals surface area contributed by atoms with Gasteiger partial charge in [0, 0.05) is 17.2 Å². The van der Waals surface area contributed by atoms with Gasteiger partial charge >= 0.3 is 5.97 Å². The SMILES string of the molecule is COc1cc(/C=C2\N=C(c3ccc([N+](=O)[O-])c(C)c3)OC2=O)cc(Cl)c1OCc1ccc(C)cc1. The molecule has 3 aromatic carbocycles. The molecule has 8 nitrogen and oxygen atoms in total. The zero-order chi connectivity index (χ0) is 25.1. The third-order valence-electron chi connectivity index (χ3n) is 5.32. The van der Waals surface area contributed by atoms with E-state index >= 15 is 0 Å². The number of ether oxygens (including phenoxy) is 3. The summed E-state index contributed by atoms with van der Waals surface area (Å²) in [5.41, 5.74) is 3.62. The average Bonchev–Trinajstić information content (AvgIpc) is 3.18. The number of carbonyl (C=O) groups is 1. The molecule has 0 amide bonds. The standard InChI is InChI=1S/C26H21ClN2O6/c1-15-4-6-17(7-5-15)14-34-24-20(27)11-18(13-23(24)33-3)12-21-26(30)35-25(28-21)19-8-9-22(29(31)32)16(2)10-19/h4-13H,14H2,1-3H3/b21-12-. The van der Waals surface area contributed by atoms with Gasteiger partial charge in [-0.25, -0.2) is 9.79 Å². The van der Waals surface area contributed by atoms with Crippen LogP contribution in [0.15, 0.2) is 65.3 Å². The van der Waals surface area contributed by atoms with E-state index < -0.39 is 10.9 Å². The van der Waals surface area contributed by atoms with Crippen LogP contribution >= 0.6 is 11.6 Å². The molecule has 35 heavy (non-hydrogen) atoms. The quantitative estimate of drug-likeness (QED) is 0.179. The Labute approximate surface area is 206 Å². The lowest BCUT2D eigenvalue weighted by Crippen LogP contribution is -2.06. The fraction of sp³-hybridized carbons (Fsp3) is 0.154. The molecule has 0 unspecified atom stereocenters. The number of nitro benzene ring substituents is 1. The normalized spacial score (nSPS) is 14.0. The molecular formula is C26H21ClN2O6. The van der Waals surface area contributed by atoms with Gasteiger partial charge in [-0.1, -0.05) is 41.4 Å². The molecule has 0 saturated carbocycles. The lowest BCUT2D eigenvalue weighted by atomic mass is 10.1. The largest absolute Gasteiger partial charge is 0.493 e. The van der Waals surface area contributed by atoms with Crippen molar-refractivity contribution in [1.82, 2.24) is 0 Å². The molecule has 0 aromatic heterocycles. The average molecular weight is 493 g/mol. The third kappa shape index (κ3) is 5.33. The van der Waals surface area contributed by atoms with E-state index in [1.807, 2.05) is 31.2 Å². The molecule has 1 aliphatic rings. The van der Waals surface area contributed by atoms with E-state index in [2.05, 4.69) is 4.99 Å². The molecule has 1 aliphatic heterocycles. The predicted molar refractivity (Wildman–Crippen MR) is 132 cm³/mol. The summed E-state index contributed by atoms with van der Waals surface area (Å²) in [6.45, 7) is 3.93. The van der Waals surface area contributed by atoms with Gasteiger partial charge in [0.05, 0.1) is 17.1 Å². The van der Waals surface area contributed by atoms with Crippen LogP contribution in [0.2, 0.25) is 5.02 Å². The molecule has 178 valence electrons. The van der Waals surface area contributed by atoms with E-state index in [1.165, 1.54) is 25.3 Å². The Morgan fingerprint density at radius 1 is 1.11 bits per heavy atom. The highest BCUT2D eigenvalue weighted by molar-refractivity contribution is 6.32. The monoisotopic (exact) mass is 492 g/mol. The Morgan fingerprint density at radius 3 is 2.51 bits per heavy atom. The summed E-state index contributed by atoms with van der Waals surface area (Å²) in [4.78, 5) is 27.2. The Morgan fingerprint density at radius 2 is 1.86 bits per heavy atom. The summed E-state index contributed by atoms with van der Waals surface area (Å²) in [6.07, 6.45) is 1.52. The van der Waals surface area contributed by atoms with Crippen LogP contribution in [0.5, 0.6) is 11.5 Å². The molecule has 4 rings (SSSR count). The minimum absolute atomic E-state index is 0.0270. The number of benzene rings is 3. The fourth-order valence-electron chi connectivity index (χ4n) is 3.49. The number of aryl methyl sites for hydroxylation is 2. The molecule has 0 atom stereocenters. The van der Waals surface area contributed by atoms with Crippen LogP contribution in [0.25, 0.3) is 6.08 Å². The Kier molecular flexibility index (Phi) is 6.84. The number of nitro groups is 1. The number of carbonyl (C=O) groups excluding carboxylic acids is 1. The molecule has 0 fully saturated rings. The first kappa shape index (κ1) is 24.0. The number of halogens is 1. The van der Waals surface area contributed by atoms with E-state index in [9.17, 15) is 14.9 Å².